The zero-order valence-electron chi connectivity index (χ0n) is 14.9. The van der Waals surface area contributed by atoms with Crippen molar-refractivity contribution in [2.45, 2.75) is 25.2 Å². The van der Waals surface area contributed by atoms with Crippen LogP contribution in [0.1, 0.15) is 40.4 Å². The predicted molar refractivity (Wildman–Crippen MR) is 99.6 cm³/mol. The highest BCUT2D eigenvalue weighted by Gasteiger charge is 2.29. The van der Waals surface area contributed by atoms with E-state index < -0.39 is 5.91 Å². The molecule has 0 fully saturated rings. The first-order valence-corrected chi connectivity index (χ1v) is 8.78. The number of nitrogens with zero attached hydrogens (tertiary/aromatic N) is 4. The van der Waals surface area contributed by atoms with Gasteiger partial charge in [-0.2, -0.15) is 5.10 Å². The van der Waals surface area contributed by atoms with Crippen molar-refractivity contribution in [1.82, 2.24) is 19.3 Å². The molecule has 0 aliphatic heterocycles. The zero-order valence-corrected chi connectivity index (χ0v) is 14.9. The molecule has 1 atom stereocenters. The predicted octanol–water partition coefficient (Wildman–Crippen LogP) is 1.76. The van der Waals surface area contributed by atoms with Crippen LogP contribution in [-0.2, 0) is 18.3 Å². The number of nitrogens with two attached hydrogens (primary N) is 1. The van der Waals surface area contributed by atoms with Crippen molar-refractivity contribution in [1.29, 1.82) is 0 Å². The summed E-state index contributed by atoms with van der Waals surface area (Å²) in [7, 11) is 1.87. The molecule has 0 saturated carbocycles. The number of carbonyl (C=O) groups excluding carboxylic acids is 2. The number of primary amides is 1. The summed E-state index contributed by atoms with van der Waals surface area (Å²) in [4.78, 5) is 28.6. The van der Waals surface area contributed by atoms with Crippen LogP contribution in [0, 0.1) is 0 Å². The van der Waals surface area contributed by atoms with E-state index in [0.29, 0.717) is 16.9 Å². The van der Waals surface area contributed by atoms with Crippen LogP contribution in [0.25, 0.3) is 5.69 Å². The molecular weight excluding hydrogens is 344 g/mol. The molecule has 2 heterocycles. The lowest BCUT2D eigenvalue weighted by Gasteiger charge is -2.22. The van der Waals surface area contributed by atoms with Gasteiger partial charge in [0.2, 0.25) is 11.8 Å². The van der Waals surface area contributed by atoms with Crippen molar-refractivity contribution in [3.8, 4) is 5.69 Å². The van der Waals surface area contributed by atoms with Crippen LogP contribution >= 0.6 is 0 Å². The Bertz CT molecular complexity index is 1010. The molecule has 138 valence electrons. The summed E-state index contributed by atoms with van der Waals surface area (Å²) >= 11 is 0. The van der Waals surface area contributed by atoms with Gasteiger partial charge in [-0.15, -0.1) is 0 Å². The SMILES string of the molecule is Cn1cc2c(n1)CCCC2C(=O)Nc1ccc(C(N)=O)cc1-n1ccnc1. The summed E-state index contributed by atoms with van der Waals surface area (Å²) in [5, 5.41) is 7.46. The number of hydrogen-bond acceptors (Lipinski definition) is 4. The Morgan fingerprint density at radius 2 is 2.19 bits per heavy atom. The molecule has 2 amide bonds. The molecule has 0 saturated heterocycles. The molecule has 1 aliphatic carbocycles. The Labute approximate surface area is 156 Å². The third kappa shape index (κ3) is 3.21. The van der Waals surface area contributed by atoms with Crippen molar-refractivity contribution in [3.63, 3.8) is 0 Å². The van der Waals surface area contributed by atoms with Gasteiger partial charge in [0.05, 0.1) is 29.3 Å². The van der Waals surface area contributed by atoms with Crippen LogP contribution in [0.4, 0.5) is 5.69 Å². The van der Waals surface area contributed by atoms with E-state index >= 15 is 0 Å². The summed E-state index contributed by atoms with van der Waals surface area (Å²) in [6.45, 7) is 0. The largest absolute Gasteiger partial charge is 0.366 e. The lowest BCUT2D eigenvalue weighted by molar-refractivity contribution is -0.117. The van der Waals surface area contributed by atoms with E-state index in [2.05, 4.69) is 15.4 Å². The number of fused-ring (bicyclic) bond motifs is 1. The highest BCUT2D eigenvalue weighted by molar-refractivity contribution is 5.99. The molecule has 1 unspecified atom stereocenters. The van der Waals surface area contributed by atoms with Crippen molar-refractivity contribution < 1.29 is 9.59 Å². The maximum absolute atomic E-state index is 13.0. The molecule has 8 heteroatoms. The Balaban J connectivity index is 1.67. The summed E-state index contributed by atoms with van der Waals surface area (Å²) < 4.78 is 3.49. The third-order valence-corrected chi connectivity index (χ3v) is 4.86. The Morgan fingerprint density at radius 1 is 1.33 bits per heavy atom. The van der Waals surface area contributed by atoms with Gasteiger partial charge in [-0.3, -0.25) is 14.3 Å². The van der Waals surface area contributed by atoms with Gasteiger partial charge in [-0.05, 0) is 37.5 Å². The molecule has 0 spiro atoms. The van der Waals surface area contributed by atoms with Crippen LogP contribution in [0.3, 0.4) is 0 Å². The Hall–Kier alpha value is -3.42. The van der Waals surface area contributed by atoms with Gasteiger partial charge < -0.3 is 15.6 Å². The van der Waals surface area contributed by atoms with Gasteiger partial charge in [0.25, 0.3) is 0 Å². The van der Waals surface area contributed by atoms with Crippen LogP contribution in [0.5, 0.6) is 0 Å². The molecule has 1 aliphatic rings. The van der Waals surface area contributed by atoms with Gasteiger partial charge in [-0.25, -0.2) is 4.98 Å². The third-order valence-electron chi connectivity index (χ3n) is 4.86. The molecule has 8 nitrogen and oxygen atoms in total. The molecule has 0 radical (unpaired) electrons. The number of imidazole rings is 1. The summed E-state index contributed by atoms with van der Waals surface area (Å²) in [5.41, 5.74) is 8.97. The van der Waals surface area contributed by atoms with Crippen molar-refractivity contribution >= 4 is 17.5 Å². The van der Waals surface area contributed by atoms with E-state index in [9.17, 15) is 9.59 Å². The molecule has 27 heavy (non-hydrogen) atoms. The smallest absolute Gasteiger partial charge is 0.248 e. The van der Waals surface area contributed by atoms with Crippen molar-refractivity contribution in [3.05, 3.63) is 59.9 Å². The van der Waals surface area contributed by atoms with E-state index in [1.54, 1.807) is 46.2 Å². The summed E-state index contributed by atoms with van der Waals surface area (Å²) in [6, 6.07) is 4.95. The number of rotatable bonds is 4. The number of amides is 2. The average molecular weight is 364 g/mol. The number of aryl methyl sites for hydroxylation is 2. The van der Waals surface area contributed by atoms with Gasteiger partial charge in [0, 0.05) is 36.8 Å². The normalized spacial score (nSPS) is 16.0. The fraction of sp³-hybridized carbons (Fsp3) is 0.263. The first-order chi connectivity index (χ1) is 13.0. The topological polar surface area (TPSA) is 108 Å². The average Bonchev–Trinajstić information content (AvgIpc) is 3.29. The Kier molecular flexibility index (Phi) is 4.23. The lowest BCUT2D eigenvalue weighted by atomic mass is 9.86. The highest BCUT2D eigenvalue weighted by Crippen LogP contribution is 2.32. The second kappa shape index (κ2) is 6.71. The molecule has 4 rings (SSSR count). The fourth-order valence-electron chi connectivity index (χ4n) is 3.57. The molecule has 2 aromatic heterocycles. The highest BCUT2D eigenvalue weighted by atomic mass is 16.2. The summed E-state index contributed by atoms with van der Waals surface area (Å²) in [5.74, 6) is -0.854. The van der Waals surface area contributed by atoms with Gasteiger partial charge in [-0.1, -0.05) is 0 Å². The summed E-state index contributed by atoms with van der Waals surface area (Å²) in [6.07, 6.45) is 9.51. The quantitative estimate of drug-likeness (QED) is 0.735. The molecule has 3 N–H and O–H groups in total. The van der Waals surface area contributed by atoms with Crippen LogP contribution < -0.4 is 11.1 Å². The number of benzene rings is 1. The first kappa shape index (κ1) is 17.0. The molecule has 1 aromatic carbocycles. The second-order valence-corrected chi connectivity index (χ2v) is 6.71. The standard InChI is InChI=1S/C19H20N6O2/c1-24-10-14-13(3-2-4-15(14)23-24)19(27)22-16-6-5-12(18(20)26)9-17(16)25-8-7-21-11-25/h5-11,13H,2-4H2,1H3,(H2,20,26)(H,22,27). The minimum absolute atomic E-state index is 0.0860. The van der Waals surface area contributed by atoms with E-state index in [4.69, 9.17) is 5.73 Å². The maximum Gasteiger partial charge on any atom is 0.248 e. The van der Waals surface area contributed by atoms with Gasteiger partial charge in [0.1, 0.15) is 0 Å². The van der Waals surface area contributed by atoms with Crippen molar-refractivity contribution in [2.24, 2.45) is 12.8 Å². The molecule has 0 bridgehead atoms. The molecule has 3 aromatic rings. The van der Waals surface area contributed by atoms with Crippen LogP contribution in [0.15, 0.2) is 43.1 Å². The fourth-order valence-corrected chi connectivity index (χ4v) is 3.57. The Morgan fingerprint density at radius 3 is 2.93 bits per heavy atom. The zero-order chi connectivity index (χ0) is 19.0. The van der Waals surface area contributed by atoms with E-state index in [0.717, 1.165) is 30.5 Å². The van der Waals surface area contributed by atoms with E-state index in [1.165, 1.54) is 0 Å². The lowest BCUT2D eigenvalue weighted by Crippen LogP contribution is -2.25. The maximum atomic E-state index is 13.0. The van der Waals surface area contributed by atoms with E-state index in [1.807, 2.05) is 13.2 Å². The van der Waals surface area contributed by atoms with Crippen LogP contribution in [-0.4, -0.2) is 31.1 Å². The molecular formula is C19H20N6O2. The van der Waals surface area contributed by atoms with Crippen LogP contribution in [0.2, 0.25) is 0 Å². The number of aromatic nitrogens is 4. The number of nitrogens with one attached hydrogen (secondary N) is 1. The number of carbonyl (C=O) groups is 2. The number of hydrogen-bond donors (Lipinski definition) is 2. The van der Waals surface area contributed by atoms with Crippen molar-refractivity contribution in [2.75, 3.05) is 5.32 Å². The van der Waals surface area contributed by atoms with E-state index in [-0.39, 0.29) is 11.8 Å². The van der Waals surface area contributed by atoms with Gasteiger partial charge in [0.15, 0.2) is 0 Å². The number of anilines is 1. The minimum atomic E-state index is -0.526. The monoisotopic (exact) mass is 364 g/mol. The second-order valence-electron chi connectivity index (χ2n) is 6.71. The minimum Gasteiger partial charge on any atom is -0.366 e. The first-order valence-electron chi connectivity index (χ1n) is 8.78. The van der Waals surface area contributed by atoms with Gasteiger partial charge >= 0.3 is 0 Å².